The van der Waals surface area contributed by atoms with E-state index in [1.807, 2.05) is 36.4 Å². The quantitative estimate of drug-likeness (QED) is 0.206. The highest BCUT2D eigenvalue weighted by atomic mass is 28.3. The summed E-state index contributed by atoms with van der Waals surface area (Å²) in [6, 6.07) is 21.1. The maximum absolute atomic E-state index is 15.0. The second-order valence-electron chi connectivity index (χ2n) is 9.90. The molecule has 1 aliphatic rings. The van der Waals surface area contributed by atoms with Crippen molar-refractivity contribution in [1.29, 1.82) is 0 Å². The number of benzene rings is 3. The third-order valence-electron chi connectivity index (χ3n) is 7.43. The van der Waals surface area contributed by atoms with Crippen molar-refractivity contribution in [3.8, 4) is 22.3 Å². The van der Waals surface area contributed by atoms with Crippen LogP contribution in [-0.4, -0.2) is 8.80 Å². The predicted octanol–water partition coefficient (Wildman–Crippen LogP) is 9.36. The van der Waals surface area contributed by atoms with Gasteiger partial charge < -0.3 is 0 Å². The van der Waals surface area contributed by atoms with Gasteiger partial charge in [0.05, 0.1) is 0 Å². The van der Waals surface area contributed by atoms with Gasteiger partial charge in [-0.2, -0.15) is 0 Å². The number of allylic oxidation sites excluding steroid dienone is 2. The summed E-state index contributed by atoms with van der Waals surface area (Å²) in [6.45, 7) is 2.19. The second kappa shape index (κ2) is 12.4. The Morgan fingerprint density at radius 1 is 0.771 bits per heavy atom. The van der Waals surface area contributed by atoms with Crippen LogP contribution in [0.1, 0.15) is 44.6 Å². The van der Waals surface area contributed by atoms with Gasteiger partial charge in [-0.25, -0.2) is 13.2 Å². The van der Waals surface area contributed by atoms with Crippen LogP contribution in [0.15, 0.2) is 72.8 Å². The largest absolute Gasteiger partial charge is 0.206 e. The highest BCUT2D eigenvalue weighted by Gasteiger charge is 2.21. The van der Waals surface area contributed by atoms with E-state index in [9.17, 15) is 13.2 Å². The lowest BCUT2D eigenvalue weighted by Gasteiger charge is -2.27. The van der Waals surface area contributed by atoms with Crippen LogP contribution in [0.2, 0.25) is 18.1 Å². The molecular weight excluding hydrogens is 457 g/mol. The van der Waals surface area contributed by atoms with Crippen molar-refractivity contribution in [3.05, 3.63) is 95.8 Å². The monoisotopic (exact) mass is 492 g/mol. The SMILES string of the molecule is CCC=CCC[SiH]1CCC(CCc2ccc(-c3ccc(-c4ccc(F)c(F)c4)cc3)c(F)c2)CC1. The van der Waals surface area contributed by atoms with Crippen molar-refractivity contribution in [2.75, 3.05) is 0 Å². The summed E-state index contributed by atoms with van der Waals surface area (Å²) in [5.74, 6) is -1.16. The number of rotatable bonds is 9. The molecule has 1 fully saturated rings. The third-order valence-corrected chi connectivity index (χ3v) is 10.9. The average molecular weight is 493 g/mol. The van der Waals surface area contributed by atoms with Gasteiger partial charge in [-0.3, -0.25) is 0 Å². The number of halogens is 3. The first kappa shape index (κ1) is 25.5. The Balaban J connectivity index is 1.30. The first-order chi connectivity index (χ1) is 17.0. The van der Waals surface area contributed by atoms with Gasteiger partial charge in [0, 0.05) is 14.4 Å². The molecule has 0 spiro atoms. The van der Waals surface area contributed by atoms with Gasteiger partial charge >= 0.3 is 0 Å². The molecule has 0 nitrogen and oxygen atoms in total. The topological polar surface area (TPSA) is 0 Å². The average Bonchev–Trinajstić information content (AvgIpc) is 2.88. The Hall–Kier alpha value is -2.59. The van der Waals surface area contributed by atoms with E-state index in [0.717, 1.165) is 47.9 Å². The fourth-order valence-corrected chi connectivity index (χ4v) is 8.68. The summed E-state index contributed by atoms with van der Waals surface area (Å²) in [5, 5.41) is 0. The molecule has 0 amide bonds. The maximum atomic E-state index is 15.0. The molecule has 0 atom stereocenters. The van der Waals surface area contributed by atoms with E-state index in [4.69, 9.17) is 0 Å². The van der Waals surface area contributed by atoms with Gasteiger partial charge in [-0.15, -0.1) is 0 Å². The van der Waals surface area contributed by atoms with E-state index in [2.05, 4.69) is 19.1 Å². The lowest BCUT2D eigenvalue weighted by atomic mass is 9.93. The van der Waals surface area contributed by atoms with Crippen LogP contribution >= 0.6 is 0 Å². The number of hydrogen-bond donors (Lipinski definition) is 0. The molecule has 0 unspecified atom stereocenters. The van der Waals surface area contributed by atoms with E-state index in [1.165, 1.54) is 43.5 Å². The molecule has 4 rings (SSSR count). The zero-order valence-corrected chi connectivity index (χ0v) is 21.7. The van der Waals surface area contributed by atoms with E-state index in [0.29, 0.717) is 11.1 Å². The van der Waals surface area contributed by atoms with Crippen LogP contribution in [0.3, 0.4) is 0 Å². The summed E-state index contributed by atoms with van der Waals surface area (Å²) >= 11 is 0. The molecule has 0 aliphatic carbocycles. The van der Waals surface area contributed by atoms with Gasteiger partial charge in [0.2, 0.25) is 0 Å². The Labute approximate surface area is 209 Å². The second-order valence-corrected chi connectivity index (χ2v) is 13.4. The standard InChI is InChI=1S/C31H35F3Si/c1-2-3-4-5-18-35-19-16-23(17-20-35)6-7-24-8-14-28(30(33)21-24)26-11-9-25(10-12-26)27-13-15-29(32)31(34)22-27/h3-4,8-15,21-23,35H,2,5-7,16-20H2,1H3. The van der Waals surface area contributed by atoms with Gasteiger partial charge in [0.1, 0.15) is 5.82 Å². The van der Waals surface area contributed by atoms with E-state index >= 15 is 0 Å². The molecule has 1 saturated heterocycles. The molecule has 35 heavy (non-hydrogen) atoms. The first-order valence-corrected chi connectivity index (χ1v) is 15.5. The van der Waals surface area contributed by atoms with E-state index < -0.39 is 20.4 Å². The van der Waals surface area contributed by atoms with Gasteiger partial charge in [-0.1, -0.05) is 92.5 Å². The Morgan fingerprint density at radius 3 is 2.17 bits per heavy atom. The molecule has 0 aromatic heterocycles. The van der Waals surface area contributed by atoms with E-state index in [-0.39, 0.29) is 5.82 Å². The molecule has 3 aromatic rings. The molecule has 1 heterocycles. The van der Waals surface area contributed by atoms with E-state index in [1.54, 1.807) is 12.1 Å². The Kier molecular flexibility index (Phi) is 9.03. The van der Waals surface area contributed by atoms with Crippen molar-refractivity contribution in [2.24, 2.45) is 5.92 Å². The number of aryl methyl sites for hydroxylation is 1. The van der Waals surface area contributed by atoms with Crippen LogP contribution in [0, 0.1) is 23.4 Å². The molecule has 184 valence electrons. The summed E-state index contributed by atoms with van der Waals surface area (Å²) < 4.78 is 41.7. The van der Waals surface area contributed by atoms with Crippen molar-refractivity contribution < 1.29 is 13.2 Å². The van der Waals surface area contributed by atoms with Gasteiger partial charge in [0.25, 0.3) is 0 Å². The maximum Gasteiger partial charge on any atom is 0.159 e. The molecular formula is C31H35F3Si. The molecule has 1 aliphatic heterocycles. The van der Waals surface area contributed by atoms with Crippen LogP contribution in [0.5, 0.6) is 0 Å². The lowest BCUT2D eigenvalue weighted by molar-refractivity contribution is 0.437. The molecule has 0 radical (unpaired) electrons. The van der Waals surface area contributed by atoms with Crippen LogP contribution < -0.4 is 0 Å². The minimum atomic E-state index is -0.872. The van der Waals surface area contributed by atoms with Crippen molar-refractivity contribution >= 4 is 8.80 Å². The molecule has 3 aromatic carbocycles. The van der Waals surface area contributed by atoms with Crippen LogP contribution in [0.25, 0.3) is 22.3 Å². The molecule has 0 saturated carbocycles. The fraction of sp³-hybridized carbons (Fsp3) is 0.355. The minimum absolute atomic E-state index is 0.209. The predicted molar refractivity (Wildman–Crippen MR) is 144 cm³/mol. The number of hydrogen-bond acceptors (Lipinski definition) is 0. The molecule has 0 N–H and O–H groups in total. The normalized spacial score (nSPS) is 18.3. The van der Waals surface area contributed by atoms with Crippen LogP contribution in [0.4, 0.5) is 13.2 Å². The highest BCUT2D eigenvalue weighted by Crippen LogP contribution is 2.32. The third kappa shape index (κ3) is 6.97. The Bertz CT molecular complexity index is 1130. The smallest absolute Gasteiger partial charge is 0.159 e. The zero-order valence-electron chi connectivity index (χ0n) is 20.6. The lowest BCUT2D eigenvalue weighted by Crippen LogP contribution is -2.21. The van der Waals surface area contributed by atoms with Crippen molar-refractivity contribution in [2.45, 2.75) is 63.6 Å². The molecule has 0 bridgehead atoms. The summed E-state index contributed by atoms with van der Waals surface area (Å²) in [5.41, 5.74) is 3.76. The molecule has 4 heteroatoms. The fourth-order valence-electron chi connectivity index (χ4n) is 5.26. The highest BCUT2D eigenvalue weighted by molar-refractivity contribution is 6.59. The van der Waals surface area contributed by atoms with Gasteiger partial charge in [0.15, 0.2) is 11.6 Å². The zero-order chi connectivity index (χ0) is 24.6. The summed E-state index contributed by atoms with van der Waals surface area (Å²) in [6.07, 6.45) is 11.9. The first-order valence-electron chi connectivity index (χ1n) is 13.0. The van der Waals surface area contributed by atoms with Crippen LogP contribution in [-0.2, 0) is 6.42 Å². The minimum Gasteiger partial charge on any atom is -0.206 e. The van der Waals surface area contributed by atoms with Gasteiger partial charge in [-0.05, 0) is 72.1 Å². The summed E-state index contributed by atoms with van der Waals surface area (Å²) in [7, 11) is -0.531. The Morgan fingerprint density at radius 2 is 1.49 bits per heavy atom. The van der Waals surface area contributed by atoms with Crippen molar-refractivity contribution in [1.82, 2.24) is 0 Å². The summed E-state index contributed by atoms with van der Waals surface area (Å²) in [4.78, 5) is 0. The van der Waals surface area contributed by atoms with Crippen molar-refractivity contribution in [3.63, 3.8) is 0 Å².